The van der Waals surface area contributed by atoms with E-state index in [0.717, 1.165) is 33.9 Å². The van der Waals surface area contributed by atoms with E-state index in [-0.39, 0.29) is 11.8 Å². The highest BCUT2D eigenvalue weighted by Crippen LogP contribution is 2.42. The first-order chi connectivity index (χ1) is 12.5. The van der Waals surface area contributed by atoms with Gasteiger partial charge in [-0.3, -0.25) is 14.5 Å². The van der Waals surface area contributed by atoms with Gasteiger partial charge in [0.1, 0.15) is 5.82 Å². The van der Waals surface area contributed by atoms with Gasteiger partial charge in [-0.2, -0.15) is 5.10 Å². The van der Waals surface area contributed by atoms with E-state index >= 15 is 0 Å². The molecule has 4 rings (SSSR count). The average Bonchev–Trinajstić information content (AvgIpc) is 2.98. The van der Waals surface area contributed by atoms with Crippen molar-refractivity contribution in [2.75, 3.05) is 24.3 Å². The Balaban J connectivity index is 1.85. The molecule has 0 fully saturated rings. The second-order valence-corrected chi connectivity index (χ2v) is 6.77. The van der Waals surface area contributed by atoms with Gasteiger partial charge in [0.2, 0.25) is 5.91 Å². The first-order valence-corrected chi connectivity index (χ1v) is 8.59. The summed E-state index contributed by atoms with van der Waals surface area (Å²) >= 11 is 0. The Labute approximate surface area is 152 Å². The fourth-order valence-corrected chi connectivity index (χ4v) is 3.49. The number of nitrogens with zero attached hydrogens (tertiary/aromatic N) is 4. The molecule has 1 atom stereocenters. The summed E-state index contributed by atoms with van der Waals surface area (Å²) in [6.45, 7) is 0. The molecule has 0 unspecified atom stereocenters. The SMILES string of the molecule is CN(C)c1ccc([C@H]2CC(=O)Nc3c2c(-c2cccnc2)nn3C)cc1. The zero-order valence-electron chi connectivity index (χ0n) is 15.1. The van der Waals surface area contributed by atoms with Crippen LogP contribution in [0.15, 0.2) is 48.8 Å². The van der Waals surface area contributed by atoms with Gasteiger partial charge in [0, 0.05) is 62.7 Å². The highest BCUT2D eigenvalue weighted by atomic mass is 16.1. The molecule has 0 saturated carbocycles. The van der Waals surface area contributed by atoms with Crippen LogP contribution in [0.5, 0.6) is 0 Å². The third-order valence-electron chi connectivity index (χ3n) is 4.83. The second-order valence-electron chi connectivity index (χ2n) is 6.77. The number of hydrogen-bond donors (Lipinski definition) is 1. The van der Waals surface area contributed by atoms with Gasteiger partial charge in [-0.1, -0.05) is 12.1 Å². The minimum atomic E-state index is -0.0288. The number of carbonyl (C=O) groups is 1. The quantitative estimate of drug-likeness (QED) is 0.791. The van der Waals surface area contributed by atoms with E-state index < -0.39 is 0 Å². The van der Waals surface area contributed by atoms with E-state index in [0.29, 0.717) is 6.42 Å². The van der Waals surface area contributed by atoms with Crippen molar-refractivity contribution >= 4 is 17.4 Å². The number of benzene rings is 1. The molecule has 3 aromatic rings. The number of hydrogen-bond acceptors (Lipinski definition) is 4. The van der Waals surface area contributed by atoms with Crippen LogP contribution in [-0.4, -0.2) is 34.8 Å². The van der Waals surface area contributed by atoms with Gasteiger partial charge in [-0.05, 0) is 29.8 Å². The summed E-state index contributed by atoms with van der Waals surface area (Å²) in [6, 6.07) is 12.3. The Kier molecular flexibility index (Phi) is 3.95. The zero-order valence-corrected chi connectivity index (χ0v) is 15.1. The molecule has 0 bridgehead atoms. The van der Waals surface area contributed by atoms with Gasteiger partial charge in [0.15, 0.2) is 0 Å². The highest BCUT2D eigenvalue weighted by molar-refractivity contribution is 5.96. The summed E-state index contributed by atoms with van der Waals surface area (Å²) in [6.07, 6.45) is 3.97. The average molecular weight is 347 g/mol. The van der Waals surface area contributed by atoms with Crippen LogP contribution in [0.25, 0.3) is 11.3 Å². The predicted octanol–water partition coefficient (Wildman–Crippen LogP) is 3.02. The zero-order chi connectivity index (χ0) is 18.3. The van der Waals surface area contributed by atoms with Crippen molar-refractivity contribution in [2.24, 2.45) is 7.05 Å². The largest absolute Gasteiger partial charge is 0.378 e. The van der Waals surface area contributed by atoms with E-state index in [2.05, 4.69) is 44.6 Å². The molecular weight excluding hydrogens is 326 g/mol. The first kappa shape index (κ1) is 16.3. The molecule has 1 aliphatic heterocycles. The van der Waals surface area contributed by atoms with Crippen LogP contribution in [0, 0.1) is 0 Å². The van der Waals surface area contributed by atoms with Gasteiger partial charge in [-0.25, -0.2) is 0 Å². The summed E-state index contributed by atoms with van der Waals surface area (Å²) in [5.74, 6) is 0.751. The van der Waals surface area contributed by atoms with Crippen LogP contribution in [0.4, 0.5) is 11.5 Å². The fraction of sp³-hybridized carbons (Fsp3) is 0.250. The molecule has 0 aliphatic carbocycles. The first-order valence-electron chi connectivity index (χ1n) is 8.59. The summed E-state index contributed by atoms with van der Waals surface area (Å²) in [5, 5.41) is 7.65. The van der Waals surface area contributed by atoms with Crippen LogP contribution in [0.3, 0.4) is 0 Å². The summed E-state index contributed by atoms with van der Waals surface area (Å²) in [7, 11) is 5.89. The topological polar surface area (TPSA) is 63.1 Å². The molecule has 1 amide bonds. The number of fused-ring (bicyclic) bond motifs is 1. The third-order valence-corrected chi connectivity index (χ3v) is 4.83. The highest BCUT2D eigenvalue weighted by Gasteiger charge is 2.33. The normalized spacial score (nSPS) is 16.1. The predicted molar refractivity (Wildman–Crippen MR) is 102 cm³/mol. The lowest BCUT2D eigenvalue weighted by Gasteiger charge is -2.25. The Morgan fingerprint density at radius 3 is 2.62 bits per heavy atom. The van der Waals surface area contributed by atoms with Gasteiger partial charge in [0.05, 0.1) is 5.69 Å². The Bertz CT molecular complexity index is 944. The molecule has 1 aromatic carbocycles. The Morgan fingerprint density at radius 1 is 1.19 bits per heavy atom. The minimum absolute atomic E-state index is 0.0138. The van der Waals surface area contributed by atoms with E-state index in [9.17, 15) is 4.79 Å². The monoisotopic (exact) mass is 347 g/mol. The molecule has 1 aliphatic rings. The molecule has 26 heavy (non-hydrogen) atoms. The van der Waals surface area contributed by atoms with Gasteiger partial charge in [-0.15, -0.1) is 0 Å². The maximum atomic E-state index is 12.3. The summed E-state index contributed by atoms with van der Waals surface area (Å²) in [5.41, 5.74) is 5.13. The molecule has 2 aromatic heterocycles. The summed E-state index contributed by atoms with van der Waals surface area (Å²) < 4.78 is 1.75. The van der Waals surface area contributed by atoms with Crippen molar-refractivity contribution in [3.05, 3.63) is 59.9 Å². The molecule has 0 saturated heterocycles. The smallest absolute Gasteiger partial charge is 0.226 e. The van der Waals surface area contributed by atoms with Crippen molar-refractivity contribution in [1.29, 1.82) is 0 Å². The van der Waals surface area contributed by atoms with Crippen LogP contribution in [0.1, 0.15) is 23.5 Å². The number of nitrogens with one attached hydrogen (secondary N) is 1. The van der Waals surface area contributed by atoms with Crippen LogP contribution < -0.4 is 10.2 Å². The molecule has 3 heterocycles. The Hall–Kier alpha value is -3.15. The number of amides is 1. The molecule has 132 valence electrons. The number of aryl methyl sites for hydroxylation is 1. The van der Waals surface area contributed by atoms with E-state index in [1.807, 2.05) is 39.5 Å². The number of anilines is 2. The van der Waals surface area contributed by atoms with Gasteiger partial charge < -0.3 is 10.2 Å². The number of rotatable bonds is 3. The number of aromatic nitrogens is 3. The Morgan fingerprint density at radius 2 is 1.96 bits per heavy atom. The van der Waals surface area contributed by atoms with Crippen LogP contribution >= 0.6 is 0 Å². The van der Waals surface area contributed by atoms with E-state index in [4.69, 9.17) is 0 Å². The number of carbonyl (C=O) groups excluding carboxylic acids is 1. The van der Waals surface area contributed by atoms with Gasteiger partial charge in [0.25, 0.3) is 0 Å². The molecule has 6 heteroatoms. The van der Waals surface area contributed by atoms with Gasteiger partial charge >= 0.3 is 0 Å². The fourth-order valence-electron chi connectivity index (χ4n) is 3.49. The van der Waals surface area contributed by atoms with E-state index in [1.165, 1.54) is 0 Å². The number of pyridine rings is 1. The maximum Gasteiger partial charge on any atom is 0.226 e. The van der Waals surface area contributed by atoms with Crippen LogP contribution in [0.2, 0.25) is 0 Å². The van der Waals surface area contributed by atoms with Crippen LogP contribution in [-0.2, 0) is 11.8 Å². The summed E-state index contributed by atoms with van der Waals surface area (Å²) in [4.78, 5) is 18.6. The molecular formula is C20H21N5O. The lowest BCUT2D eigenvalue weighted by Crippen LogP contribution is -2.24. The maximum absolute atomic E-state index is 12.3. The second kappa shape index (κ2) is 6.29. The molecule has 6 nitrogen and oxygen atoms in total. The van der Waals surface area contributed by atoms with Crippen molar-refractivity contribution < 1.29 is 4.79 Å². The molecule has 0 radical (unpaired) electrons. The van der Waals surface area contributed by atoms with Crippen molar-refractivity contribution in [2.45, 2.75) is 12.3 Å². The standard InChI is InChI=1S/C20H21N5O/c1-24(2)15-8-6-13(7-9-15)16-11-17(26)22-20-18(16)19(23-25(20)3)14-5-4-10-21-12-14/h4-10,12,16H,11H2,1-3H3,(H,22,26)/t16-/m1/s1. The molecule has 1 N–H and O–H groups in total. The minimum Gasteiger partial charge on any atom is -0.378 e. The van der Waals surface area contributed by atoms with Crippen molar-refractivity contribution in [3.8, 4) is 11.3 Å². The molecule has 0 spiro atoms. The van der Waals surface area contributed by atoms with Crippen molar-refractivity contribution in [1.82, 2.24) is 14.8 Å². The lowest BCUT2D eigenvalue weighted by atomic mass is 9.84. The third kappa shape index (κ3) is 2.73. The van der Waals surface area contributed by atoms with E-state index in [1.54, 1.807) is 10.9 Å². The lowest BCUT2D eigenvalue weighted by molar-refractivity contribution is -0.116. The van der Waals surface area contributed by atoms with Crippen molar-refractivity contribution in [3.63, 3.8) is 0 Å².